The first-order chi connectivity index (χ1) is 12.7. The summed E-state index contributed by atoms with van der Waals surface area (Å²) in [6.45, 7) is 4.73. The van der Waals surface area contributed by atoms with E-state index in [0.717, 1.165) is 37.5 Å². The molecule has 4 rings (SSSR count). The van der Waals surface area contributed by atoms with Gasteiger partial charge in [-0.2, -0.15) is 0 Å². The Hall–Kier alpha value is -2.80. The summed E-state index contributed by atoms with van der Waals surface area (Å²) in [7, 11) is 1.68. The highest BCUT2D eigenvalue weighted by atomic mass is 16.5. The number of ether oxygens (including phenoxy) is 1. The highest BCUT2D eigenvalue weighted by molar-refractivity contribution is 5.43. The van der Waals surface area contributed by atoms with Crippen LogP contribution in [0.5, 0.6) is 5.75 Å². The molecule has 3 aromatic rings. The van der Waals surface area contributed by atoms with Gasteiger partial charge < -0.3 is 9.15 Å². The third-order valence-electron chi connectivity index (χ3n) is 4.63. The Morgan fingerprint density at radius 2 is 2.00 bits per heavy atom. The second kappa shape index (κ2) is 7.21. The maximum absolute atomic E-state index is 5.85. The molecule has 0 N–H and O–H groups in total. The van der Waals surface area contributed by atoms with E-state index in [1.807, 2.05) is 19.1 Å². The number of rotatable bonds is 5. The molecule has 1 aromatic carbocycles. The van der Waals surface area contributed by atoms with E-state index in [9.17, 15) is 0 Å². The van der Waals surface area contributed by atoms with E-state index in [-0.39, 0.29) is 5.92 Å². The second-order valence-corrected chi connectivity index (χ2v) is 6.56. The molecule has 0 radical (unpaired) electrons. The van der Waals surface area contributed by atoms with E-state index in [0.29, 0.717) is 17.5 Å². The molecule has 0 saturated carbocycles. The van der Waals surface area contributed by atoms with E-state index in [4.69, 9.17) is 9.15 Å². The number of hydrogen-bond donors (Lipinski definition) is 0. The van der Waals surface area contributed by atoms with Gasteiger partial charge in [-0.15, -0.1) is 10.2 Å². The summed E-state index contributed by atoms with van der Waals surface area (Å²) >= 11 is 0. The van der Waals surface area contributed by atoms with Crippen LogP contribution in [0.2, 0.25) is 0 Å². The molecule has 1 aliphatic rings. The highest BCUT2D eigenvalue weighted by Gasteiger charge is 2.28. The lowest BCUT2D eigenvalue weighted by atomic mass is 10.1. The molecule has 134 valence electrons. The fourth-order valence-electron chi connectivity index (χ4n) is 3.17. The van der Waals surface area contributed by atoms with Crippen LogP contribution in [-0.4, -0.2) is 45.3 Å². The van der Waals surface area contributed by atoms with Gasteiger partial charge in [0, 0.05) is 19.3 Å². The standard InChI is InChI=1S/C19H21N5O2/c1-13-9-21-17(10-20-13)19-23-22-18(26-19)15-7-8-24(12-15)11-14-3-5-16(25-2)6-4-14/h3-6,9-10,15H,7-8,11-12H2,1-2H3. The number of aromatic nitrogens is 4. The molecular formula is C19H21N5O2. The Balaban J connectivity index is 1.40. The highest BCUT2D eigenvalue weighted by Crippen LogP contribution is 2.29. The molecule has 1 atom stereocenters. The van der Waals surface area contributed by atoms with E-state index in [1.165, 1.54) is 5.56 Å². The number of methoxy groups -OCH3 is 1. The third-order valence-corrected chi connectivity index (χ3v) is 4.63. The summed E-state index contributed by atoms with van der Waals surface area (Å²) in [4.78, 5) is 10.9. The largest absolute Gasteiger partial charge is 0.497 e. The van der Waals surface area contributed by atoms with Gasteiger partial charge in [-0.1, -0.05) is 12.1 Å². The van der Waals surface area contributed by atoms with Gasteiger partial charge in [-0.3, -0.25) is 9.88 Å². The van der Waals surface area contributed by atoms with Gasteiger partial charge >= 0.3 is 0 Å². The SMILES string of the molecule is COc1ccc(CN2CCC(c3nnc(-c4cnc(C)cn4)o3)C2)cc1. The van der Waals surface area contributed by atoms with Gasteiger partial charge in [-0.25, -0.2) is 4.98 Å². The van der Waals surface area contributed by atoms with Crippen molar-refractivity contribution < 1.29 is 9.15 Å². The molecule has 3 heterocycles. The fraction of sp³-hybridized carbons (Fsp3) is 0.368. The Morgan fingerprint density at radius 3 is 2.73 bits per heavy atom. The molecule has 2 aromatic heterocycles. The van der Waals surface area contributed by atoms with Crippen molar-refractivity contribution in [3.8, 4) is 17.3 Å². The van der Waals surface area contributed by atoms with Crippen LogP contribution in [0.15, 0.2) is 41.1 Å². The van der Waals surface area contributed by atoms with Crippen LogP contribution < -0.4 is 4.74 Å². The summed E-state index contributed by atoms with van der Waals surface area (Å²) in [6, 6.07) is 8.20. The van der Waals surface area contributed by atoms with Crippen molar-refractivity contribution in [2.75, 3.05) is 20.2 Å². The molecule has 1 unspecified atom stereocenters. The maximum atomic E-state index is 5.85. The number of likely N-dealkylation sites (tertiary alicyclic amines) is 1. The molecule has 0 spiro atoms. The minimum absolute atomic E-state index is 0.257. The maximum Gasteiger partial charge on any atom is 0.267 e. The normalized spacial score (nSPS) is 17.5. The van der Waals surface area contributed by atoms with Crippen LogP contribution in [0.1, 0.15) is 29.5 Å². The van der Waals surface area contributed by atoms with Crippen LogP contribution in [-0.2, 0) is 6.54 Å². The van der Waals surface area contributed by atoms with Crippen LogP contribution in [0.25, 0.3) is 11.6 Å². The molecule has 1 fully saturated rings. The summed E-state index contributed by atoms with van der Waals surface area (Å²) < 4.78 is 11.1. The minimum Gasteiger partial charge on any atom is -0.497 e. The van der Waals surface area contributed by atoms with Crippen LogP contribution in [0.4, 0.5) is 0 Å². The van der Waals surface area contributed by atoms with Crippen molar-refractivity contribution >= 4 is 0 Å². The summed E-state index contributed by atoms with van der Waals surface area (Å²) in [5, 5.41) is 8.37. The van der Waals surface area contributed by atoms with Gasteiger partial charge in [0.25, 0.3) is 5.89 Å². The van der Waals surface area contributed by atoms with Crippen molar-refractivity contribution in [1.29, 1.82) is 0 Å². The van der Waals surface area contributed by atoms with Gasteiger partial charge in [0.05, 0.1) is 24.9 Å². The van der Waals surface area contributed by atoms with Crippen molar-refractivity contribution in [2.24, 2.45) is 0 Å². The molecule has 1 aliphatic heterocycles. The first-order valence-corrected chi connectivity index (χ1v) is 8.69. The van der Waals surface area contributed by atoms with E-state index < -0.39 is 0 Å². The first kappa shape index (κ1) is 16.7. The Labute approximate surface area is 152 Å². The summed E-state index contributed by atoms with van der Waals surface area (Å²) in [5.74, 6) is 2.25. The average molecular weight is 351 g/mol. The monoisotopic (exact) mass is 351 g/mol. The zero-order valence-electron chi connectivity index (χ0n) is 14.9. The zero-order chi connectivity index (χ0) is 17.9. The molecule has 26 heavy (non-hydrogen) atoms. The number of nitrogens with zero attached hydrogens (tertiary/aromatic N) is 5. The van der Waals surface area contributed by atoms with Crippen LogP contribution in [0, 0.1) is 6.92 Å². The topological polar surface area (TPSA) is 77.2 Å². The van der Waals surface area contributed by atoms with Crippen molar-refractivity contribution in [3.63, 3.8) is 0 Å². The average Bonchev–Trinajstić information content (AvgIpc) is 3.32. The Kier molecular flexibility index (Phi) is 4.62. The van der Waals surface area contributed by atoms with Gasteiger partial charge in [0.1, 0.15) is 11.4 Å². The van der Waals surface area contributed by atoms with E-state index in [1.54, 1.807) is 19.5 Å². The molecule has 0 amide bonds. The number of aryl methyl sites for hydroxylation is 1. The molecule has 0 bridgehead atoms. The van der Waals surface area contributed by atoms with Crippen LogP contribution >= 0.6 is 0 Å². The molecule has 7 heteroatoms. The summed E-state index contributed by atoms with van der Waals surface area (Å²) in [6.07, 6.45) is 4.37. The zero-order valence-corrected chi connectivity index (χ0v) is 14.9. The predicted molar refractivity (Wildman–Crippen MR) is 95.7 cm³/mol. The van der Waals surface area contributed by atoms with Gasteiger partial charge in [0.15, 0.2) is 0 Å². The lowest BCUT2D eigenvalue weighted by molar-refractivity contribution is 0.320. The summed E-state index contributed by atoms with van der Waals surface area (Å²) in [5.41, 5.74) is 2.74. The lowest BCUT2D eigenvalue weighted by Crippen LogP contribution is -2.19. The molecule has 7 nitrogen and oxygen atoms in total. The Bertz CT molecular complexity index is 860. The van der Waals surface area contributed by atoms with Crippen LogP contribution in [0.3, 0.4) is 0 Å². The van der Waals surface area contributed by atoms with E-state index >= 15 is 0 Å². The smallest absolute Gasteiger partial charge is 0.267 e. The van der Waals surface area contributed by atoms with Gasteiger partial charge in [-0.05, 0) is 37.6 Å². The molecule has 1 saturated heterocycles. The van der Waals surface area contributed by atoms with E-state index in [2.05, 4.69) is 37.2 Å². The predicted octanol–water partition coefficient (Wildman–Crippen LogP) is 2.83. The first-order valence-electron chi connectivity index (χ1n) is 8.69. The van der Waals surface area contributed by atoms with Crippen molar-refractivity contribution in [1.82, 2.24) is 25.1 Å². The van der Waals surface area contributed by atoms with Crippen molar-refractivity contribution in [2.45, 2.75) is 25.8 Å². The molecular weight excluding hydrogens is 330 g/mol. The third kappa shape index (κ3) is 3.57. The number of hydrogen-bond acceptors (Lipinski definition) is 7. The quantitative estimate of drug-likeness (QED) is 0.699. The Morgan fingerprint density at radius 1 is 1.15 bits per heavy atom. The number of benzene rings is 1. The molecule has 0 aliphatic carbocycles. The lowest BCUT2D eigenvalue weighted by Gasteiger charge is -2.15. The van der Waals surface area contributed by atoms with Gasteiger partial charge in [0.2, 0.25) is 5.89 Å². The second-order valence-electron chi connectivity index (χ2n) is 6.56. The fourth-order valence-corrected chi connectivity index (χ4v) is 3.17. The minimum atomic E-state index is 0.257. The van der Waals surface area contributed by atoms with Crippen molar-refractivity contribution in [3.05, 3.63) is 53.8 Å².